The Bertz CT molecular complexity index is 1120. The third kappa shape index (κ3) is 6.15. The Kier molecular flexibility index (Phi) is 7.10. The average Bonchev–Trinajstić information content (AvgIpc) is 3.20. The number of amides is 1. The van der Waals surface area contributed by atoms with Crippen molar-refractivity contribution in [2.24, 2.45) is 0 Å². The fraction of sp³-hybridized carbons (Fsp3) is 0.227. The topological polar surface area (TPSA) is 81.4 Å². The molecule has 0 aliphatic carbocycles. The molecular formula is C22H17F5N2O4. The minimum atomic E-state index is -4.50. The van der Waals surface area contributed by atoms with Gasteiger partial charge >= 0.3 is 12.1 Å². The lowest BCUT2D eigenvalue weighted by molar-refractivity contribution is -0.153. The van der Waals surface area contributed by atoms with Crippen molar-refractivity contribution in [3.8, 4) is 11.3 Å². The van der Waals surface area contributed by atoms with Gasteiger partial charge in [-0.15, -0.1) is 0 Å². The van der Waals surface area contributed by atoms with Crippen molar-refractivity contribution in [1.29, 1.82) is 0 Å². The number of hydrogen-bond donors (Lipinski definition) is 1. The third-order valence-electron chi connectivity index (χ3n) is 4.46. The van der Waals surface area contributed by atoms with Gasteiger partial charge in [-0.25, -0.2) is 13.8 Å². The molecule has 1 amide bonds. The lowest BCUT2D eigenvalue weighted by Gasteiger charge is -2.14. The van der Waals surface area contributed by atoms with E-state index >= 15 is 0 Å². The summed E-state index contributed by atoms with van der Waals surface area (Å²) in [5.74, 6) is -3.28. The lowest BCUT2D eigenvalue weighted by Crippen LogP contribution is -2.30. The molecular weight excluding hydrogens is 451 g/mol. The van der Waals surface area contributed by atoms with Gasteiger partial charge in [0.15, 0.2) is 17.8 Å². The maximum Gasteiger partial charge on any atom is 0.416 e. The molecule has 2 aromatic carbocycles. The molecule has 1 heterocycles. The number of nitrogens with zero attached hydrogens (tertiary/aromatic N) is 1. The highest BCUT2D eigenvalue weighted by Crippen LogP contribution is 2.30. The summed E-state index contributed by atoms with van der Waals surface area (Å²) in [4.78, 5) is 28.0. The fourth-order valence-electron chi connectivity index (χ4n) is 2.78. The van der Waals surface area contributed by atoms with E-state index in [1.165, 1.54) is 13.0 Å². The first kappa shape index (κ1) is 23.9. The van der Waals surface area contributed by atoms with E-state index in [-0.39, 0.29) is 35.7 Å². The van der Waals surface area contributed by atoms with Crippen LogP contribution >= 0.6 is 0 Å². The number of benzene rings is 2. The van der Waals surface area contributed by atoms with Crippen LogP contribution in [0, 0.1) is 11.6 Å². The van der Waals surface area contributed by atoms with E-state index in [1.807, 2.05) is 0 Å². The Balaban J connectivity index is 1.50. The molecule has 174 valence electrons. The maximum atomic E-state index is 13.8. The van der Waals surface area contributed by atoms with Gasteiger partial charge < -0.3 is 14.5 Å². The van der Waals surface area contributed by atoms with Crippen LogP contribution in [-0.2, 0) is 26.9 Å². The Morgan fingerprint density at radius 2 is 1.73 bits per heavy atom. The van der Waals surface area contributed by atoms with Crippen molar-refractivity contribution in [3.05, 3.63) is 71.8 Å². The number of carbonyl (C=O) groups excluding carboxylic acids is 2. The predicted octanol–water partition coefficient (Wildman–Crippen LogP) is 5.14. The lowest BCUT2D eigenvalue weighted by atomic mass is 10.1. The molecule has 33 heavy (non-hydrogen) atoms. The summed E-state index contributed by atoms with van der Waals surface area (Å²) < 4.78 is 75.7. The molecule has 0 fully saturated rings. The second-order valence-electron chi connectivity index (χ2n) is 6.91. The molecule has 3 aromatic rings. The minimum Gasteiger partial charge on any atom is -0.453 e. The molecule has 0 aliphatic rings. The van der Waals surface area contributed by atoms with E-state index in [1.54, 1.807) is 0 Å². The third-order valence-corrected chi connectivity index (χ3v) is 4.46. The molecule has 1 atom stereocenters. The number of alkyl halides is 3. The number of hydrogen-bond acceptors (Lipinski definition) is 5. The molecule has 0 spiro atoms. The first-order valence-electron chi connectivity index (χ1n) is 9.61. The SMILES string of the molecule is C[C@@H](OC(=O)CCc1ncc(-c2c(F)cccc2F)o1)C(=O)Nc1ccc(C(F)(F)F)cc1. The van der Waals surface area contributed by atoms with Crippen molar-refractivity contribution in [1.82, 2.24) is 4.98 Å². The van der Waals surface area contributed by atoms with Crippen LogP contribution in [0.1, 0.15) is 24.8 Å². The van der Waals surface area contributed by atoms with E-state index in [0.29, 0.717) is 0 Å². The van der Waals surface area contributed by atoms with E-state index < -0.39 is 41.4 Å². The number of anilines is 1. The summed E-state index contributed by atoms with van der Waals surface area (Å²) in [6.45, 7) is 1.29. The van der Waals surface area contributed by atoms with Gasteiger partial charge in [0.25, 0.3) is 5.91 Å². The second kappa shape index (κ2) is 9.80. The molecule has 3 rings (SSSR count). The molecule has 11 heteroatoms. The van der Waals surface area contributed by atoms with Gasteiger partial charge in [0.2, 0.25) is 0 Å². The van der Waals surface area contributed by atoms with Gasteiger partial charge in [0, 0.05) is 12.1 Å². The van der Waals surface area contributed by atoms with Crippen molar-refractivity contribution >= 4 is 17.6 Å². The van der Waals surface area contributed by atoms with Crippen molar-refractivity contribution in [2.45, 2.75) is 32.0 Å². The maximum absolute atomic E-state index is 13.8. The summed E-state index contributed by atoms with van der Waals surface area (Å²) in [6.07, 6.45) is -4.90. The number of aromatic nitrogens is 1. The van der Waals surface area contributed by atoms with Gasteiger partial charge in [-0.2, -0.15) is 13.2 Å². The monoisotopic (exact) mass is 468 g/mol. The quantitative estimate of drug-likeness (QED) is 0.384. The second-order valence-corrected chi connectivity index (χ2v) is 6.91. The summed E-state index contributed by atoms with van der Waals surface area (Å²) in [7, 11) is 0. The van der Waals surface area contributed by atoms with Crippen LogP contribution in [-0.4, -0.2) is 23.0 Å². The molecule has 1 N–H and O–H groups in total. The molecule has 0 saturated heterocycles. The van der Waals surface area contributed by atoms with Crippen LogP contribution in [0.15, 0.2) is 53.1 Å². The van der Waals surface area contributed by atoms with Gasteiger partial charge in [-0.1, -0.05) is 6.07 Å². The number of halogens is 5. The Labute approximate surface area is 184 Å². The highest BCUT2D eigenvalue weighted by Gasteiger charge is 2.30. The van der Waals surface area contributed by atoms with Crippen LogP contribution in [0.25, 0.3) is 11.3 Å². The predicted molar refractivity (Wildman–Crippen MR) is 106 cm³/mol. The number of aryl methyl sites for hydroxylation is 1. The fourth-order valence-corrected chi connectivity index (χ4v) is 2.78. The minimum absolute atomic E-state index is 0.0338. The Hall–Kier alpha value is -3.76. The first-order chi connectivity index (χ1) is 15.5. The van der Waals surface area contributed by atoms with Gasteiger partial charge in [-0.05, 0) is 43.3 Å². The summed E-state index contributed by atoms with van der Waals surface area (Å²) in [5.41, 5.74) is -1.15. The molecule has 0 bridgehead atoms. The van der Waals surface area contributed by atoms with Crippen LogP contribution < -0.4 is 5.32 Å². The molecule has 1 aromatic heterocycles. The number of esters is 1. The van der Waals surface area contributed by atoms with E-state index in [2.05, 4.69) is 10.3 Å². The van der Waals surface area contributed by atoms with E-state index in [0.717, 1.165) is 42.6 Å². The zero-order chi connectivity index (χ0) is 24.2. The zero-order valence-corrected chi connectivity index (χ0v) is 17.1. The normalized spacial score (nSPS) is 12.3. The molecule has 6 nitrogen and oxygen atoms in total. The highest BCUT2D eigenvalue weighted by molar-refractivity contribution is 5.95. The smallest absolute Gasteiger partial charge is 0.416 e. The van der Waals surface area contributed by atoms with Gasteiger partial charge in [-0.3, -0.25) is 9.59 Å². The van der Waals surface area contributed by atoms with E-state index in [9.17, 15) is 31.5 Å². The van der Waals surface area contributed by atoms with Crippen LogP contribution in [0.4, 0.5) is 27.6 Å². The standard InChI is InChI=1S/C22H17F5N2O4/c1-12(21(31)29-14-7-5-13(6-8-14)22(25,26)27)32-19(30)10-9-18-28-11-17(33-18)20-15(23)3-2-4-16(20)24/h2-8,11-12H,9-10H2,1H3,(H,29,31)/t12-/m1/s1. The molecule has 0 saturated carbocycles. The molecule has 0 aliphatic heterocycles. The largest absolute Gasteiger partial charge is 0.453 e. The number of nitrogens with one attached hydrogen (secondary N) is 1. The van der Waals surface area contributed by atoms with Crippen molar-refractivity contribution in [2.75, 3.05) is 5.32 Å². The summed E-state index contributed by atoms with van der Waals surface area (Å²) in [6, 6.07) is 7.11. The van der Waals surface area contributed by atoms with Crippen molar-refractivity contribution in [3.63, 3.8) is 0 Å². The Morgan fingerprint density at radius 3 is 2.33 bits per heavy atom. The van der Waals surface area contributed by atoms with Gasteiger partial charge in [0.05, 0.1) is 23.7 Å². The number of carbonyl (C=O) groups is 2. The number of ether oxygens (including phenoxy) is 1. The number of oxazole rings is 1. The van der Waals surface area contributed by atoms with Crippen LogP contribution in [0.3, 0.4) is 0 Å². The molecule has 0 unspecified atom stereocenters. The van der Waals surface area contributed by atoms with E-state index in [4.69, 9.17) is 9.15 Å². The van der Waals surface area contributed by atoms with Crippen molar-refractivity contribution < 1.29 is 40.7 Å². The Morgan fingerprint density at radius 1 is 1.09 bits per heavy atom. The van der Waals surface area contributed by atoms with Crippen LogP contribution in [0.2, 0.25) is 0 Å². The van der Waals surface area contributed by atoms with Crippen LogP contribution in [0.5, 0.6) is 0 Å². The summed E-state index contributed by atoms with van der Waals surface area (Å²) in [5, 5.41) is 2.35. The van der Waals surface area contributed by atoms with Gasteiger partial charge in [0.1, 0.15) is 11.6 Å². The zero-order valence-electron chi connectivity index (χ0n) is 17.1. The average molecular weight is 468 g/mol. The summed E-state index contributed by atoms with van der Waals surface area (Å²) >= 11 is 0. The first-order valence-corrected chi connectivity index (χ1v) is 9.61. The molecule has 0 radical (unpaired) electrons. The highest BCUT2D eigenvalue weighted by atomic mass is 19.4. The number of rotatable bonds is 7.